The second kappa shape index (κ2) is 10.4. The Morgan fingerprint density at radius 3 is 2.55 bits per heavy atom. The minimum absolute atomic E-state index is 0. The molecule has 4 nitrogen and oxygen atoms in total. The summed E-state index contributed by atoms with van der Waals surface area (Å²) in [4.78, 5) is 6.20. The lowest BCUT2D eigenvalue weighted by Gasteiger charge is -2.21. The summed E-state index contributed by atoms with van der Waals surface area (Å²) in [5.41, 5.74) is 1.19. The first kappa shape index (κ1) is 18.6. The van der Waals surface area contributed by atoms with Crippen LogP contribution in [0.25, 0.3) is 0 Å². The van der Waals surface area contributed by atoms with Gasteiger partial charge in [0, 0.05) is 20.6 Å². The van der Waals surface area contributed by atoms with Crippen molar-refractivity contribution in [2.75, 3.05) is 27.2 Å². The highest BCUT2D eigenvalue weighted by molar-refractivity contribution is 14.0. The van der Waals surface area contributed by atoms with Gasteiger partial charge in [-0.1, -0.05) is 18.1 Å². The van der Waals surface area contributed by atoms with Crippen molar-refractivity contribution in [2.45, 2.75) is 13.5 Å². The van der Waals surface area contributed by atoms with Crippen molar-refractivity contribution >= 4 is 29.9 Å². The largest absolute Gasteiger partial charge is 0.494 e. The quantitative estimate of drug-likeness (QED) is 0.365. The fourth-order valence-electron chi connectivity index (χ4n) is 1.72. The standard InChI is InChI=1S/C15H21N3O.HI/c1-5-11-17-15(16-3)18(4)12-13-7-9-14(10-8-13)19-6-2;/h1,7-10H,6,11-12H2,2-4H3,(H,16,17);1H. The molecule has 0 aliphatic rings. The lowest BCUT2D eigenvalue weighted by atomic mass is 10.2. The van der Waals surface area contributed by atoms with Crippen LogP contribution in [0, 0.1) is 12.3 Å². The van der Waals surface area contributed by atoms with Gasteiger partial charge in [0.1, 0.15) is 5.75 Å². The molecule has 0 aliphatic carbocycles. The summed E-state index contributed by atoms with van der Waals surface area (Å²) in [6, 6.07) is 8.06. The van der Waals surface area contributed by atoms with Gasteiger partial charge < -0.3 is 15.0 Å². The monoisotopic (exact) mass is 387 g/mol. The van der Waals surface area contributed by atoms with Crippen LogP contribution >= 0.6 is 24.0 Å². The Morgan fingerprint density at radius 1 is 1.40 bits per heavy atom. The van der Waals surface area contributed by atoms with Crippen molar-refractivity contribution in [3.05, 3.63) is 29.8 Å². The summed E-state index contributed by atoms with van der Waals surface area (Å²) in [7, 11) is 3.72. The van der Waals surface area contributed by atoms with Crippen LogP contribution < -0.4 is 10.1 Å². The van der Waals surface area contributed by atoms with E-state index >= 15 is 0 Å². The highest BCUT2D eigenvalue weighted by Gasteiger charge is 2.05. The van der Waals surface area contributed by atoms with E-state index in [4.69, 9.17) is 11.2 Å². The van der Waals surface area contributed by atoms with Crippen molar-refractivity contribution in [1.82, 2.24) is 10.2 Å². The van der Waals surface area contributed by atoms with Crippen molar-refractivity contribution in [3.8, 4) is 18.1 Å². The minimum Gasteiger partial charge on any atom is -0.494 e. The molecule has 1 aromatic rings. The van der Waals surface area contributed by atoms with Gasteiger partial charge in [0.25, 0.3) is 0 Å². The van der Waals surface area contributed by atoms with Crippen LogP contribution in [0.15, 0.2) is 29.3 Å². The smallest absolute Gasteiger partial charge is 0.194 e. The second-order valence-corrected chi connectivity index (χ2v) is 4.04. The molecule has 0 aromatic heterocycles. The van der Waals surface area contributed by atoms with E-state index in [2.05, 4.69) is 28.4 Å². The normalized spacial score (nSPS) is 10.2. The topological polar surface area (TPSA) is 36.9 Å². The molecule has 1 N–H and O–H groups in total. The van der Waals surface area contributed by atoms with Crippen LogP contribution in [0.2, 0.25) is 0 Å². The Balaban J connectivity index is 0.00000361. The molecule has 0 saturated heterocycles. The summed E-state index contributed by atoms with van der Waals surface area (Å²) < 4.78 is 5.42. The van der Waals surface area contributed by atoms with Crippen LogP contribution in [-0.2, 0) is 6.54 Å². The molecule has 0 fully saturated rings. The summed E-state index contributed by atoms with van der Waals surface area (Å²) >= 11 is 0. The molecule has 1 aromatic carbocycles. The number of nitrogens with one attached hydrogen (secondary N) is 1. The fourth-order valence-corrected chi connectivity index (χ4v) is 1.72. The van der Waals surface area contributed by atoms with E-state index in [1.807, 2.05) is 31.0 Å². The van der Waals surface area contributed by atoms with Crippen LogP contribution in [-0.4, -0.2) is 38.1 Å². The Kier molecular flexibility index (Phi) is 9.64. The first-order valence-corrected chi connectivity index (χ1v) is 6.28. The number of hydrogen-bond acceptors (Lipinski definition) is 2. The highest BCUT2D eigenvalue weighted by Crippen LogP contribution is 2.13. The number of rotatable bonds is 5. The molecule has 0 unspecified atom stereocenters. The van der Waals surface area contributed by atoms with Gasteiger partial charge in [-0.05, 0) is 24.6 Å². The Labute approximate surface area is 138 Å². The van der Waals surface area contributed by atoms with Crippen LogP contribution in [0.3, 0.4) is 0 Å². The molecule has 0 spiro atoms. The Morgan fingerprint density at radius 2 is 2.05 bits per heavy atom. The zero-order chi connectivity index (χ0) is 14.1. The summed E-state index contributed by atoms with van der Waals surface area (Å²) in [5.74, 6) is 4.21. The number of benzene rings is 1. The number of nitrogens with zero attached hydrogens (tertiary/aromatic N) is 2. The summed E-state index contributed by atoms with van der Waals surface area (Å²) in [6.45, 7) is 3.89. The van der Waals surface area contributed by atoms with E-state index in [0.29, 0.717) is 13.2 Å². The number of aliphatic imine (C=N–C) groups is 1. The zero-order valence-electron chi connectivity index (χ0n) is 12.2. The van der Waals surface area contributed by atoms with Gasteiger partial charge in [0.15, 0.2) is 5.96 Å². The number of halogens is 1. The Hall–Kier alpha value is -1.42. The third kappa shape index (κ3) is 6.15. The molecule has 0 amide bonds. The van der Waals surface area contributed by atoms with Crippen LogP contribution in [0.1, 0.15) is 12.5 Å². The molecule has 1 rings (SSSR count). The maximum absolute atomic E-state index is 5.42. The number of ether oxygens (including phenoxy) is 1. The molecule has 0 bridgehead atoms. The molecular formula is C15H22IN3O. The molecule has 5 heteroatoms. The van der Waals surface area contributed by atoms with Gasteiger partial charge in [0.05, 0.1) is 13.2 Å². The maximum Gasteiger partial charge on any atom is 0.194 e. The van der Waals surface area contributed by atoms with E-state index in [1.165, 1.54) is 5.56 Å². The van der Waals surface area contributed by atoms with Crippen LogP contribution in [0.5, 0.6) is 5.75 Å². The number of terminal acetylenes is 1. The first-order chi connectivity index (χ1) is 9.21. The van der Waals surface area contributed by atoms with Crippen molar-refractivity contribution in [3.63, 3.8) is 0 Å². The molecule has 20 heavy (non-hydrogen) atoms. The van der Waals surface area contributed by atoms with E-state index in [0.717, 1.165) is 18.3 Å². The van der Waals surface area contributed by atoms with Gasteiger partial charge >= 0.3 is 0 Å². The molecule has 110 valence electrons. The van der Waals surface area contributed by atoms with Crippen molar-refractivity contribution in [2.24, 2.45) is 4.99 Å². The average molecular weight is 387 g/mol. The van der Waals surface area contributed by atoms with Gasteiger partial charge in [-0.25, -0.2) is 0 Å². The molecule has 0 saturated carbocycles. The lowest BCUT2D eigenvalue weighted by Crippen LogP contribution is -2.38. The van der Waals surface area contributed by atoms with E-state index in [-0.39, 0.29) is 24.0 Å². The highest BCUT2D eigenvalue weighted by atomic mass is 127. The molecule has 0 aliphatic heterocycles. The zero-order valence-corrected chi connectivity index (χ0v) is 14.5. The van der Waals surface area contributed by atoms with Crippen LogP contribution in [0.4, 0.5) is 0 Å². The fraction of sp³-hybridized carbons (Fsp3) is 0.400. The van der Waals surface area contributed by atoms with E-state index in [9.17, 15) is 0 Å². The number of guanidine groups is 1. The molecular weight excluding hydrogens is 365 g/mol. The first-order valence-electron chi connectivity index (χ1n) is 6.28. The van der Waals surface area contributed by atoms with Gasteiger partial charge in [-0.3, -0.25) is 4.99 Å². The van der Waals surface area contributed by atoms with E-state index < -0.39 is 0 Å². The van der Waals surface area contributed by atoms with Gasteiger partial charge in [-0.15, -0.1) is 30.4 Å². The molecule has 0 atom stereocenters. The minimum atomic E-state index is 0. The predicted octanol–water partition coefficient (Wildman–Crippen LogP) is 2.34. The second-order valence-electron chi connectivity index (χ2n) is 4.04. The molecule has 0 radical (unpaired) electrons. The van der Waals surface area contributed by atoms with Gasteiger partial charge in [-0.2, -0.15) is 0 Å². The predicted molar refractivity (Wildman–Crippen MR) is 94.7 cm³/mol. The van der Waals surface area contributed by atoms with Gasteiger partial charge in [0.2, 0.25) is 0 Å². The SMILES string of the molecule is C#CCNC(=NC)N(C)Cc1ccc(OCC)cc1.I. The third-order valence-corrected chi connectivity index (χ3v) is 2.58. The average Bonchev–Trinajstić information content (AvgIpc) is 2.42. The van der Waals surface area contributed by atoms with Crippen molar-refractivity contribution in [1.29, 1.82) is 0 Å². The summed E-state index contributed by atoms with van der Waals surface area (Å²) in [5, 5.41) is 3.09. The van der Waals surface area contributed by atoms with E-state index in [1.54, 1.807) is 7.05 Å². The number of hydrogen-bond donors (Lipinski definition) is 1. The molecule has 0 heterocycles. The summed E-state index contributed by atoms with van der Waals surface area (Å²) in [6.07, 6.45) is 5.23. The van der Waals surface area contributed by atoms with Crippen molar-refractivity contribution < 1.29 is 4.74 Å². The maximum atomic E-state index is 5.42. The lowest BCUT2D eigenvalue weighted by molar-refractivity contribution is 0.340. The third-order valence-electron chi connectivity index (χ3n) is 2.58. The Bertz CT molecular complexity index is 451.